The molecule has 114 valence electrons. The first kappa shape index (κ1) is 14.5. The van der Waals surface area contributed by atoms with Crippen molar-refractivity contribution in [2.75, 3.05) is 19.8 Å². The van der Waals surface area contributed by atoms with Gasteiger partial charge in [0.2, 0.25) is 5.91 Å². The van der Waals surface area contributed by atoms with Gasteiger partial charge < -0.3 is 14.7 Å². The van der Waals surface area contributed by atoms with Crippen LogP contribution in [0.15, 0.2) is 24.5 Å². The van der Waals surface area contributed by atoms with Gasteiger partial charge in [-0.3, -0.25) is 9.78 Å². The molecule has 3 atom stereocenters. The molecule has 2 aliphatic rings. The fraction of sp³-hybridized carbons (Fsp3) is 0.625. The van der Waals surface area contributed by atoms with Crippen LogP contribution in [0.2, 0.25) is 0 Å². The number of nitrogens with zero attached hydrogens (tertiary/aromatic N) is 2. The van der Waals surface area contributed by atoms with E-state index < -0.39 is 0 Å². The zero-order valence-corrected chi connectivity index (χ0v) is 12.1. The Morgan fingerprint density at radius 1 is 1.38 bits per heavy atom. The highest BCUT2D eigenvalue weighted by Crippen LogP contribution is 2.34. The Morgan fingerprint density at radius 3 is 2.95 bits per heavy atom. The number of aliphatic hydroxyl groups excluding tert-OH is 1. The van der Waals surface area contributed by atoms with Crippen molar-refractivity contribution in [3.8, 4) is 0 Å². The van der Waals surface area contributed by atoms with Crippen LogP contribution in [0.3, 0.4) is 0 Å². The number of fused-ring (bicyclic) bond motifs is 1. The summed E-state index contributed by atoms with van der Waals surface area (Å²) in [7, 11) is 0. The van der Waals surface area contributed by atoms with Crippen molar-refractivity contribution in [2.45, 2.75) is 37.8 Å². The van der Waals surface area contributed by atoms with Gasteiger partial charge in [-0.15, -0.1) is 0 Å². The maximum absolute atomic E-state index is 12.5. The number of carbonyl (C=O) groups is 1. The van der Waals surface area contributed by atoms with Crippen LogP contribution >= 0.6 is 0 Å². The van der Waals surface area contributed by atoms with Crippen LogP contribution in [0.1, 0.15) is 24.8 Å². The summed E-state index contributed by atoms with van der Waals surface area (Å²) in [5, 5.41) is 9.33. The van der Waals surface area contributed by atoms with E-state index in [0.29, 0.717) is 19.6 Å². The van der Waals surface area contributed by atoms with Gasteiger partial charge in [-0.25, -0.2) is 0 Å². The lowest BCUT2D eigenvalue weighted by Gasteiger charge is -2.37. The molecule has 21 heavy (non-hydrogen) atoms. The molecule has 1 aliphatic heterocycles. The number of carbonyl (C=O) groups excluding carboxylic acids is 1. The second-order valence-electron chi connectivity index (χ2n) is 5.94. The molecule has 0 radical (unpaired) electrons. The van der Waals surface area contributed by atoms with Gasteiger partial charge in [0.05, 0.1) is 18.8 Å². The van der Waals surface area contributed by atoms with Crippen LogP contribution < -0.4 is 0 Å². The molecular weight excluding hydrogens is 268 g/mol. The van der Waals surface area contributed by atoms with E-state index >= 15 is 0 Å². The molecular formula is C16H22N2O3. The molecule has 5 nitrogen and oxygen atoms in total. The number of hydrogen-bond donors (Lipinski definition) is 1. The SMILES string of the molecule is O=C(CCc1ccncc1)N1CCOC2C[C@H](CO)C[C@@H]21. The molecule has 1 saturated carbocycles. The van der Waals surface area contributed by atoms with Crippen molar-refractivity contribution >= 4 is 5.91 Å². The maximum atomic E-state index is 12.5. The molecule has 1 N–H and O–H groups in total. The van der Waals surface area contributed by atoms with Gasteiger partial charge >= 0.3 is 0 Å². The van der Waals surface area contributed by atoms with Crippen molar-refractivity contribution in [3.05, 3.63) is 30.1 Å². The number of aliphatic hydroxyl groups is 1. The zero-order valence-electron chi connectivity index (χ0n) is 12.1. The van der Waals surface area contributed by atoms with Crippen LogP contribution in [-0.2, 0) is 16.0 Å². The fourth-order valence-electron chi connectivity index (χ4n) is 3.45. The summed E-state index contributed by atoms with van der Waals surface area (Å²) in [6, 6.07) is 4.06. The smallest absolute Gasteiger partial charge is 0.223 e. The molecule has 2 heterocycles. The normalized spacial score (nSPS) is 28.4. The first-order valence-corrected chi connectivity index (χ1v) is 7.68. The summed E-state index contributed by atoms with van der Waals surface area (Å²) in [4.78, 5) is 18.5. The highest BCUT2D eigenvalue weighted by Gasteiger charge is 2.42. The minimum Gasteiger partial charge on any atom is -0.396 e. The van der Waals surface area contributed by atoms with E-state index in [-0.39, 0.29) is 30.6 Å². The molecule has 1 aliphatic carbocycles. The Kier molecular flexibility index (Phi) is 4.51. The molecule has 1 aromatic rings. The minimum absolute atomic E-state index is 0.112. The van der Waals surface area contributed by atoms with Crippen LogP contribution in [-0.4, -0.2) is 52.8 Å². The van der Waals surface area contributed by atoms with E-state index in [0.717, 1.165) is 24.8 Å². The van der Waals surface area contributed by atoms with Crippen molar-refractivity contribution in [1.82, 2.24) is 9.88 Å². The van der Waals surface area contributed by atoms with Crippen molar-refractivity contribution in [3.63, 3.8) is 0 Å². The summed E-state index contributed by atoms with van der Waals surface area (Å²) < 4.78 is 5.76. The third-order valence-electron chi connectivity index (χ3n) is 4.59. The molecule has 1 saturated heterocycles. The Labute approximate surface area is 124 Å². The van der Waals surface area contributed by atoms with Crippen LogP contribution in [0.4, 0.5) is 0 Å². The summed E-state index contributed by atoms with van der Waals surface area (Å²) in [5.74, 6) is 0.470. The summed E-state index contributed by atoms with van der Waals surface area (Å²) in [6.45, 7) is 1.48. The zero-order chi connectivity index (χ0) is 14.7. The Hall–Kier alpha value is -1.46. The molecule has 1 unspecified atom stereocenters. The van der Waals surface area contributed by atoms with Crippen molar-refractivity contribution < 1.29 is 14.6 Å². The topological polar surface area (TPSA) is 62.7 Å². The molecule has 1 amide bonds. The Bertz CT molecular complexity index is 480. The van der Waals surface area contributed by atoms with Gasteiger partial charge in [-0.2, -0.15) is 0 Å². The van der Waals surface area contributed by atoms with E-state index in [1.807, 2.05) is 17.0 Å². The molecule has 3 rings (SSSR count). The Morgan fingerprint density at radius 2 is 2.19 bits per heavy atom. The number of rotatable bonds is 4. The predicted octanol–water partition coefficient (Wildman–Crippen LogP) is 1.01. The van der Waals surface area contributed by atoms with E-state index in [9.17, 15) is 9.90 Å². The maximum Gasteiger partial charge on any atom is 0.223 e. The van der Waals surface area contributed by atoms with E-state index in [1.54, 1.807) is 12.4 Å². The molecule has 0 bridgehead atoms. The number of pyridine rings is 1. The second kappa shape index (κ2) is 6.54. The monoisotopic (exact) mass is 290 g/mol. The molecule has 1 aromatic heterocycles. The lowest BCUT2D eigenvalue weighted by atomic mass is 10.1. The fourth-order valence-corrected chi connectivity index (χ4v) is 3.45. The third kappa shape index (κ3) is 3.24. The number of aryl methyl sites for hydroxylation is 1. The highest BCUT2D eigenvalue weighted by molar-refractivity contribution is 5.77. The summed E-state index contributed by atoms with van der Waals surface area (Å²) >= 11 is 0. The number of amides is 1. The molecule has 2 fully saturated rings. The van der Waals surface area contributed by atoms with Crippen molar-refractivity contribution in [2.24, 2.45) is 5.92 Å². The van der Waals surface area contributed by atoms with Gasteiger partial charge in [-0.05, 0) is 42.9 Å². The van der Waals surface area contributed by atoms with Crippen LogP contribution in [0, 0.1) is 5.92 Å². The first-order chi connectivity index (χ1) is 10.3. The lowest BCUT2D eigenvalue weighted by molar-refractivity contribution is -0.143. The highest BCUT2D eigenvalue weighted by atomic mass is 16.5. The number of hydrogen-bond acceptors (Lipinski definition) is 4. The Balaban J connectivity index is 1.59. The molecule has 0 aromatic carbocycles. The van der Waals surface area contributed by atoms with Crippen LogP contribution in [0.5, 0.6) is 0 Å². The van der Waals surface area contributed by atoms with Gasteiger partial charge in [0.15, 0.2) is 0 Å². The lowest BCUT2D eigenvalue weighted by Crippen LogP contribution is -2.51. The average Bonchev–Trinajstić information content (AvgIpc) is 2.96. The molecule has 5 heteroatoms. The van der Waals surface area contributed by atoms with Gasteiger partial charge in [0.1, 0.15) is 0 Å². The average molecular weight is 290 g/mol. The molecule has 0 spiro atoms. The number of aromatic nitrogens is 1. The predicted molar refractivity (Wildman–Crippen MR) is 77.6 cm³/mol. The van der Waals surface area contributed by atoms with E-state index in [1.165, 1.54) is 0 Å². The minimum atomic E-state index is 0.112. The van der Waals surface area contributed by atoms with E-state index in [4.69, 9.17) is 4.74 Å². The largest absolute Gasteiger partial charge is 0.396 e. The second-order valence-corrected chi connectivity index (χ2v) is 5.94. The van der Waals surface area contributed by atoms with Gasteiger partial charge in [0, 0.05) is 32.0 Å². The number of morpholine rings is 1. The third-order valence-corrected chi connectivity index (χ3v) is 4.59. The number of ether oxygens (including phenoxy) is 1. The standard InChI is InChI=1S/C16H22N2O3/c19-11-13-9-14-15(10-13)21-8-7-18(14)16(20)2-1-12-3-5-17-6-4-12/h3-6,13-15,19H,1-2,7-11H2/t13-,14+,15?/m1/s1. The van der Waals surface area contributed by atoms with Crippen molar-refractivity contribution in [1.29, 1.82) is 0 Å². The summed E-state index contributed by atoms with van der Waals surface area (Å²) in [5.41, 5.74) is 1.14. The van der Waals surface area contributed by atoms with Gasteiger partial charge in [-0.1, -0.05) is 0 Å². The van der Waals surface area contributed by atoms with Gasteiger partial charge in [0.25, 0.3) is 0 Å². The first-order valence-electron chi connectivity index (χ1n) is 7.68. The quantitative estimate of drug-likeness (QED) is 0.899. The van der Waals surface area contributed by atoms with Crippen LogP contribution in [0.25, 0.3) is 0 Å². The summed E-state index contributed by atoms with van der Waals surface area (Å²) in [6.07, 6.45) is 6.63. The van der Waals surface area contributed by atoms with E-state index in [2.05, 4.69) is 4.98 Å².